The number of carbonyl (C=O) groups excluding carboxylic acids is 2. The van der Waals surface area contributed by atoms with Gasteiger partial charge in [-0.25, -0.2) is 0 Å². The molecule has 5 heteroatoms. The zero-order chi connectivity index (χ0) is 42.1. The van der Waals surface area contributed by atoms with Gasteiger partial charge in [-0.15, -0.1) is 0 Å². The van der Waals surface area contributed by atoms with Gasteiger partial charge in [0.25, 0.3) is 0 Å². The minimum absolute atomic E-state index is 0.0757. The highest BCUT2D eigenvalue weighted by Crippen LogP contribution is 2.14. The molecule has 0 aromatic rings. The molecule has 0 N–H and O–H groups in total. The fourth-order valence-corrected chi connectivity index (χ4v) is 6.85. The summed E-state index contributed by atoms with van der Waals surface area (Å²) in [5, 5.41) is 0. The Kier molecular flexibility index (Phi) is 46.9. The number of rotatable bonds is 45. The molecule has 0 aliphatic heterocycles. The third-order valence-corrected chi connectivity index (χ3v) is 10.5. The Morgan fingerprint density at radius 3 is 1.26 bits per heavy atom. The summed E-state index contributed by atoms with van der Waals surface area (Å²) in [5.41, 5.74) is 0. The highest BCUT2D eigenvalue weighted by molar-refractivity contribution is 5.70. The average Bonchev–Trinajstić information content (AvgIpc) is 3.22. The fourth-order valence-electron chi connectivity index (χ4n) is 6.85. The molecule has 0 rings (SSSR count). The first-order valence-corrected chi connectivity index (χ1v) is 24.8. The predicted molar refractivity (Wildman–Crippen MR) is 251 cm³/mol. The van der Waals surface area contributed by atoms with Crippen LogP contribution in [-0.4, -0.2) is 37.9 Å². The van der Waals surface area contributed by atoms with E-state index >= 15 is 0 Å². The first-order valence-electron chi connectivity index (χ1n) is 24.8. The second-order valence-electron chi connectivity index (χ2n) is 16.3. The second-order valence-corrected chi connectivity index (χ2v) is 16.3. The molecular formula is C53H94O5. The zero-order valence-electron chi connectivity index (χ0n) is 38.6. The van der Waals surface area contributed by atoms with Crippen molar-refractivity contribution in [1.82, 2.24) is 0 Å². The van der Waals surface area contributed by atoms with E-state index in [0.717, 1.165) is 70.6 Å². The van der Waals surface area contributed by atoms with Crippen LogP contribution in [0.15, 0.2) is 60.8 Å². The third-order valence-electron chi connectivity index (χ3n) is 10.5. The van der Waals surface area contributed by atoms with E-state index in [4.69, 9.17) is 14.2 Å². The highest BCUT2D eigenvalue weighted by atomic mass is 16.6. The standard InChI is InChI=1S/C53H94O5/c1-4-7-10-13-16-18-20-22-24-26-28-30-32-34-36-39-42-45-48-56-49-51(58-53(55)47-44-41-37-15-12-9-6-3)50-57-52(54)46-43-40-38-35-33-31-29-27-25-23-21-19-17-14-11-8-5-2/h7,10,16,18,22-25,28,30,51H,4-6,8-9,11-15,17,19-21,26-27,29,31-50H2,1-3H3/b10-7-,18-16-,24-22-,25-23-,30-28-. The molecule has 0 saturated carbocycles. The van der Waals surface area contributed by atoms with Crippen molar-refractivity contribution < 1.29 is 23.8 Å². The molecule has 0 aromatic heterocycles. The molecule has 336 valence electrons. The lowest BCUT2D eigenvalue weighted by Gasteiger charge is -2.18. The smallest absolute Gasteiger partial charge is 0.306 e. The zero-order valence-corrected chi connectivity index (χ0v) is 38.6. The Bertz CT molecular complexity index is 1010. The van der Waals surface area contributed by atoms with Gasteiger partial charge in [0.15, 0.2) is 6.10 Å². The van der Waals surface area contributed by atoms with Gasteiger partial charge in [-0.2, -0.15) is 0 Å². The SMILES string of the molecule is CC/C=C\C/C=C\C/C=C\C/C=C\CCCCCCCOCC(COC(=O)CCCCCCCCC/C=C\CCCCCCCC)OC(=O)CCCCCCCCC. The van der Waals surface area contributed by atoms with Crippen molar-refractivity contribution in [2.24, 2.45) is 0 Å². The van der Waals surface area contributed by atoms with Gasteiger partial charge in [0.05, 0.1) is 6.61 Å². The van der Waals surface area contributed by atoms with Crippen molar-refractivity contribution in [2.45, 2.75) is 245 Å². The van der Waals surface area contributed by atoms with Crippen molar-refractivity contribution in [3.63, 3.8) is 0 Å². The van der Waals surface area contributed by atoms with Gasteiger partial charge < -0.3 is 14.2 Å². The van der Waals surface area contributed by atoms with Crippen molar-refractivity contribution in [2.75, 3.05) is 19.8 Å². The topological polar surface area (TPSA) is 61.8 Å². The van der Waals surface area contributed by atoms with Crippen LogP contribution in [0.3, 0.4) is 0 Å². The van der Waals surface area contributed by atoms with Gasteiger partial charge in [0, 0.05) is 19.4 Å². The first kappa shape index (κ1) is 55.6. The number of esters is 2. The minimum atomic E-state index is -0.544. The molecule has 0 aliphatic rings. The largest absolute Gasteiger partial charge is 0.462 e. The van der Waals surface area contributed by atoms with Crippen molar-refractivity contribution in [1.29, 1.82) is 0 Å². The Morgan fingerprint density at radius 1 is 0.397 bits per heavy atom. The van der Waals surface area contributed by atoms with Gasteiger partial charge in [-0.1, -0.05) is 204 Å². The average molecular weight is 811 g/mol. The van der Waals surface area contributed by atoms with Crippen LogP contribution in [0.25, 0.3) is 0 Å². The van der Waals surface area contributed by atoms with Gasteiger partial charge >= 0.3 is 11.9 Å². The molecule has 0 aliphatic carbocycles. The monoisotopic (exact) mass is 811 g/mol. The second kappa shape index (κ2) is 49.0. The van der Waals surface area contributed by atoms with E-state index in [0.29, 0.717) is 19.4 Å². The molecule has 0 amide bonds. The summed E-state index contributed by atoms with van der Waals surface area (Å²) in [6, 6.07) is 0. The number of hydrogen-bond donors (Lipinski definition) is 0. The Hall–Kier alpha value is -2.40. The molecule has 0 bridgehead atoms. The van der Waals surface area contributed by atoms with Crippen LogP contribution >= 0.6 is 0 Å². The molecule has 0 fully saturated rings. The van der Waals surface area contributed by atoms with Crippen LogP contribution in [0.2, 0.25) is 0 Å². The minimum Gasteiger partial charge on any atom is -0.462 e. The van der Waals surface area contributed by atoms with E-state index in [9.17, 15) is 9.59 Å². The summed E-state index contributed by atoms with van der Waals surface area (Å²) in [5.74, 6) is -0.415. The summed E-state index contributed by atoms with van der Waals surface area (Å²) in [4.78, 5) is 25.2. The van der Waals surface area contributed by atoms with Gasteiger partial charge in [-0.05, 0) is 83.5 Å². The number of allylic oxidation sites excluding steroid dienone is 10. The molecular weight excluding hydrogens is 717 g/mol. The van der Waals surface area contributed by atoms with Crippen molar-refractivity contribution in [3.8, 4) is 0 Å². The van der Waals surface area contributed by atoms with Gasteiger partial charge in [0.1, 0.15) is 6.61 Å². The lowest BCUT2D eigenvalue weighted by Crippen LogP contribution is -2.30. The van der Waals surface area contributed by atoms with Crippen LogP contribution in [0.4, 0.5) is 0 Å². The van der Waals surface area contributed by atoms with E-state index < -0.39 is 6.10 Å². The first-order chi connectivity index (χ1) is 28.6. The maximum atomic E-state index is 12.7. The maximum absolute atomic E-state index is 12.7. The molecule has 5 nitrogen and oxygen atoms in total. The van der Waals surface area contributed by atoms with Crippen molar-refractivity contribution in [3.05, 3.63) is 60.8 Å². The molecule has 58 heavy (non-hydrogen) atoms. The lowest BCUT2D eigenvalue weighted by molar-refractivity contribution is -0.163. The van der Waals surface area contributed by atoms with E-state index in [1.807, 2.05) is 0 Å². The third kappa shape index (κ3) is 46.3. The van der Waals surface area contributed by atoms with Crippen LogP contribution in [-0.2, 0) is 23.8 Å². The molecule has 0 aromatic carbocycles. The number of ether oxygens (including phenoxy) is 3. The summed E-state index contributed by atoms with van der Waals surface area (Å²) in [6.07, 6.45) is 60.9. The Morgan fingerprint density at radius 2 is 0.776 bits per heavy atom. The van der Waals surface area contributed by atoms with Crippen LogP contribution < -0.4 is 0 Å². The molecule has 0 radical (unpaired) electrons. The highest BCUT2D eigenvalue weighted by Gasteiger charge is 2.17. The molecule has 1 atom stereocenters. The van der Waals surface area contributed by atoms with Crippen LogP contribution in [0.5, 0.6) is 0 Å². The molecule has 0 spiro atoms. The van der Waals surface area contributed by atoms with Crippen LogP contribution in [0.1, 0.15) is 239 Å². The summed E-state index contributed by atoms with van der Waals surface area (Å²) < 4.78 is 17.3. The van der Waals surface area contributed by atoms with E-state index in [1.165, 1.54) is 135 Å². The Balaban J connectivity index is 4.16. The van der Waals surface area contributed by atoms with Crippen LogP contribution in [0, 0.1) is 0 Å². The lowest BCUT2D eigenvalue weighted by atomic mass is 10.1. The Labute approximate surface area is 360 Å². The van der Waals surface area contributed by atoms with E-state index in [2.05, 4.69) is 81.5 Å². The van der Waals surface area contributed by atoms with Crippen molar-refractivity contribution >= 4 is 11.9 Å². The molecule has 0 saturated heterocycles. The summed E-state index contributed by atoms with van der Waals surface area (Å²) >= 11 is 0. The van der Waals surface area contributed by atoms with Gasteiger partial charge in [-0.3, -0.25) is 9.59 Å². The van der Waals surface area contributed by atoms with Gasteiger partial charge in [0.2, 0.25) is 0 Å². The summed E-state index contributed by atoms with van der Waals surface area (Å²) in [7, 11) is 0. The summed E-state index contributed by atoms with van der Waals surface area (Å²) in [6.45, 7) is 7.64. The number of unbranched alkanes of at least 4 members (excludes halogenated alkanes) is 24. The normalized spacial score (nSPS) is 12.7. The predicted octanol–water partition coefficient (Wildman–Crippen LogP) is 16.6. The molecule has 0 heterocycles. The van der Waals surface area contributed by atoms with E-state index in [1.54, 1.807) is 0 Å². The maximum Gasteiger partial charge on any atom is 0.306 e. The quantitative estimate of drug-likeness (QED) is 0.0348. The number of hydrogen-bond acceptors (Lipinski definition) is 5. The molecule has 1 unspecified atom stereocenters. The van der Waals surface area contributed by atoms with E-state index in [-0.39, 0.29) is 25.2 Å². The number of carbonyl (C=O) groups is 2. The fraction of sp³-hybridized carbons (Fsp3) is 0.774.